The number of hydrogen-bond acceptors (Lipinski definition) is 8. The van der Waals surface area contributed by atoms with E-state index < -0.39 is 12.1 Å². The van der Waals surface area contributed by atoms with Gasteiger partial charge in [0.1, 0.15) is 6.54 Å². The highest BCUT2D eigenvalue weighted by Crippen LogP contribution is 2.28. The van der Waals surface area contributed by atoms with Crippen LogP contribution in [0, 0.1) is 0 Å². The van der Waals surface area contributed by atoms with Gasteiger partial charge in [-0.25, -0.2) is 4.79 Å². The lowest BCUT2D eigenvalue weighted by Crippen LogP contribution is -2.24. The molecule has 0 unspecified atom stereocenters. The van der Waals surface area contributed by atoms with Crippen LogP contribution in [0.4, 0.5) is 4.79 Å². The predicted molar refractivity (Wildman–Crippen MR) is 85.6 cm³/mol. The van der Waals surface area contributed by atoms with E-state index in [1.807, 2.05) is 0 Å². The molecule has 0 bridgehead atoms. The van der Waals surface area contributed by atoms with E-state index in [-0.39, 0.29) is 25.5 Å². The van der Waals surface area contributed by atoms with Gasteiger partial charge in [0.05, 0.1) is 27.4 Å². The van der Waals surface area contributed by atoms with Gasteiger partial charge in [-0.1, -0.05) is 18.2 Å². The molecule has 0 aliphatic rings. The molecule has 0 atom stereocenters. The summed E-state index contributed by atoms with van der Waals surface area (Å²) < 4.78 is 19.4. The van der Waals surface area contributed by atoms with Gasteiger partial charge >= 0.3 is 12.1 Å². The second-order valence-corrected chi connectivity index (χ2v) is 4.31. The Morgan fingerprint density at radius 3 is 2.67 bits per heavy atom. The van der Waals surface area contributed by atoms with Crippen LogP contribution in [0.2, 0.25) is 0 Å². The molecule has 1 aromatic rings. The first-order valence-corrected chi connectivity index (χ1v) is 7.21. The number of carbonyl (C=O) groups excluding carboxylic acids is 2. The van der Waals surface area contributed by atoms with Gasteiger partial charge in [-0.15, -0.1) is 0 Å². The molecule has 8 nitrogen and oxygen atoms in total. The highest BCUT2D eigenvalue weighted by atomic mass is 16.7. The number of nitrogens with one attached hydrogen (secondary N) is 1. The van der Waals surface area contributed by atoms with E-state index in [2.05, 4.69) is 10.2 Å². The SMILES string of the molecule is CCOC(=O)Oc1ccc(/C=C\CONCC(=O)OC)cc1OC. The Balaban J connectivity index is 2.53. The van der Waals surface area contributed by atoms with Crippen molar-refractivity contribution < 1.29 is 33.4 Å². The fourth-order valence-corrected chi connectivity index (χ4v) is 1.58. The van der Waals surface area contributed by atoms with E-state index in [9.17, 15) is 9.59 Å². The van der Waals surface area contributed by atoms with Crippen molar-refractivity contribution in [1.29, 1.82) is 0 Å². The molecule has 0 heterocycles. The maximum absolute atomic E-state index is 11.3. The zero-order valence-electron chi connectivity index (χ0n) is 13.9. The molecule has 0 saturated heterocycles. The number of rotatable bonds is 9. The summed E-state index contributed by atoms with van der Waals surface area (Å²) in [5.74, 6) is 0.250. The fourth-order valence-electron chi connectivity index (χ4n) is 1.58. The summed E-state index contributed by atoms with van der Waals surface area (Å²) in [6, 6.07) is 5.05. The lowest BCUT2D eigenvalue weighted by molar-refractivity contribution is -0.142. The normalized spacial score (nSPS) is 10.5. The molecule has 1 aromatic carbocycles. The minimum absolute atomic E-state index is 0.0297. The first kappa shape index (κ1) is 19.5. The van der Waals surface area contributed by atoms with Crippen molar-refractivity contribution in [3.8, 4) is 11.5 Å². The minimum Gasteiger partial charge on any atom is -0.493 e. The van der Waals surface area contributed by atoms with Crippen LogP contribution in [-0.2, 0) is 19.1 Å². The van der Waals surface area contributed by atoms with Gasteiger partial charge in [-0.2, -0.15) is 5.48 Å². The Hall–Kier alpha value is -2.58. The molecular formula is C16H21NO7. The molecule has 0 aliphatic carbocycles. The van der Waals surface area contributed by atoms with Gasteiger partial charge < -0.3 is 18.9 Å². The van der Waals surface area contributed by atoms with Crippen LogP contribution in [0.25, 0.3) is 6.08 Å². The van der Waals surface area contributed by atoms with E-state index in [0.29, 0.717) is 5.75 Å². The number of esters is 1. The van der Waals surface area contributed by atoms with Gasteiger partial charge in [-0.3, -0.25) is 9.63 Å². The van der Waals surface area contributed by atoms with Crippen LogP contribution in [0.3, 0.4) is 0 Å². The summed E-state index contributed by atoms with van der Waals surface area (Å²) in [7, 11) is 2.77. The lowest BCUT2D eigenvalue weighted by atomic mass is 10.2. The van der Waals surface area contributed by atoms with Crippen molar-refractivity contribution >= 4 is 18.2 Å². The Labute approximate surface area is 140 Å². The number of methoxy groups -OCH3 is 2. The molecule has 0 spiro atoms. The number of ether oxygens (including phenoxy) is 4. The zero-order valence-corrected chi connectivity index (χ0v) is 13.9. The second-order valence-electron chi connectivity index (χ2n) is 4.31. The smallest absolute Gasteiger partial charge is 0.493 e. The third-order valence-electron chi connectivity index (χ3n) is 2.68. The quantitative estimate of drug-likeness (QED) is 0.316. The van der Waals surface area contributed by atoms with Gasteiger partial charge in [0.25, 0.3) is 0 Å². The Morgan fingerprint density at radius 2 is 2.00 bits per heavy atom. The Morgan fingerprint density at radius 1 is 1.21 bits per heavy atom. The molecule has 0 amide bonds. The third kappa shape index (κ3) is 7.12. The minimum atomic E-state index is -0.788. The van der Waals surface area contributed by atoms with Crippen molar-refractivity contribution in [3.05, 3.63) is 29.8 Å². The number of hydrogen-bond donors (Lipinski definition) is 1. The van der Waals surface area contributed by atoms with Crippen LogP contribution in [0.15, 0.2) is 24.3 Å². The topological polar surface area (TPSA) is 92.3 Å². The number of benzene rings is 1. The van der Waals surface area contributed by atoms with E-state index in [4.69, 9.17) is 19.0 Å². The molecule has 0 aliphatic heterocycles. The molecule has 0 fully saturated rings. The summed E-state index contributed by atoms with van der Waals surface area (Å²) in [5.41, 5.74) is 3.28. The standard InChI is InChI=1S/C16H21NO7/c1-4-22-16(19)24-13-8-7-12(10-14(13)20-2)6-5-9-23-17-11-15(18)21-3/h5-8,10,17H,4,9,11H2,1-3H3/b6-5-. The molecule has 8 heteroatoms. The van der Waals surface area contributed by atoms with Crippen molar-refractivity contribution in [2.75, 3.05) is 34.0 Å². The number of hydroxylamine groups is 1. The summed E-state index contributed by atoms with van der Waals surface area (Å²) in [6.45, 7) is 2.14. The number of carbonyl (C=O) groups is 2. The van der Waals surface area contributed by atoms with Crippen LogP contribution >= 0.6 is 0 Å². The van der Waals surface area contributed by atoms with Crippen molar-refractivity contribution in [3.63, 3.8) is 0 Å². The highest BCUT2D eigenvalue weighted by molar-refractivity contribution is 5.71. The van der Waals surface area contributed by atoms with Crippen molar-refractivity contribution in [2.45, 2.75) is 6.92 Å². The molecule has 1 N–H and O–H groups in total. The second kappa shape index (κ2) is 11.0. The van der Waals surface area contributed by atoms with Crippen LogP contribution in [-0.4, -0.2) is 46.1 Å². The molecule has 0 radical (unpaired) electrons. The largest absolute Gasteiger partial charge is 0.513 e. The summed E-state index contributed by atoms with van der Waals surface area (Å²) in [5, 5.41) is 0. The predicted octanol–water partition coefficient (Wildman–Crippen LogP) is 1.94. The Bertz CT molecular complexity index is 572. The van der Waals surface area contributed by atoms with Crippen LogP contribution in [0.5, 0.6) is 11.5 Å². The summed E-state index contributed by atoms with van der Waals surface area (Å²) in [6.07, 6.45) is 2.74. The third-order valence-corrected chi connectivity index (χ3v) is 2.68. The summed E-state index contributed by atoms with van der Waals surface area (Å²) in [4.78, 5) is 27.2. The molecule has 1 rings (SSSR count). The molecule has 24 heavy (non-hydrogen) atoms. The van der Waals surface area contributed by atoms with Gasteiger partial charge in [0.15, 0.2) is 11.5 Å². The molecule has 0 aromatic heterocycles. The van der Waals surface area contributed by atoms with Crippen LogP contribution in [0.1, 0.15) is 12.5 Å². The Kier molecular flexibility index (Phi) is 8.95. The van der Waals surface area contributed by atoms with E-state index in [0.717, 1.165) is 5.56 Å². The molecule has 132 valence electrons. The first-order valence-electron chi connectivity index (χ1n) is 7.21. The first-order chi connectivity index (χ1) is 11.6. The average molecular weight is 339 g/mol. The maximum atomic E-state index is 11.3. The van der Waals surface area contributed by atoms with Gasteiger partial charge in [0.2, 0.25) is 0 Å². The monoisotopic (exact) mass is 339 g/mol. The summed E-state index contributed by atoms with van der Waals surface area (Å²) >= 11 is 0. The molecule has 0 saturated carbocycles. The lowest BCUT2D eigenvalue weighted by Gasteiger charge is -2.09. The van der Waals surface area contributed by atoms with Crippen molar-refractivity contribution in [1.82, 2.24) is 5.48 Å². The van der Waals surface area contributed by atoms with Crippen LogP contribution < -0.4 is 15.0 Å². The van der Waals surface area contributed by atoms with E-state index in [1.54, 1.807) is 37.3 Å². The van der Waals surface area contributed by atoms with Gasteiger partial charge in [0, 0.05) is 0 Å². The maximum Gasteiger partial charge on any atom is 0.513 e. The van der Waals surface area contributed by atoms with E-state index in [1.165, 1.54) is 14.2 Å². The zero-order chi connectivity index (χ0) is 17.8. The van der Waals surface area contributed by atoms with Gasteiger partial charge in [-0.05, 0) is 24.6 Å². The van der Waals surface area contributed by atoms with Crippen molar-refractivity contribution in [2.24, 2.45) is 0 Å². The average Bonchev–Trinajstić information content (AvgIpc) is 2.58. The fraction of sp³-hybridized carbons (Fsp3) is 0.375. The highest BCUT2D eigenvalue weighted by Gasteiger charge is 2.10. The molecular weight excluding hydrogens is 318 g/mol. The van der Waals surface area contributed by atoms with E-state index >= 15 is 0 Å².